The molecule has 1 N–H and O–H groups in total. The molecule has 0 bridgehead atoms. The SMILES string of the molecule is CCCCCCCC(=O)CC=NC(CCC1CCCC1)C(O)c1sccc1C. The number of hydrogen-bond donors (Lipinski definition) is 1. The second kappa shape index (κ2) is 13.3. The van der Waals surface area contributed by atoms with Crippen LogP contribution in [0.1, 0.15) is 107 Å². The number of hydrogen-bond acceptors (Lipinski definition) is 4. The zero-order valence-electron chi connectivity index (χ0n) is 17.9. The van der Waals surface area contributed by atoms with Gasteiger partial charge >= 0.3 is 0 Å². The Labute approximate surface area is 175 Å². The highest BCUT2D eigenvalue weighted by atomic mass is 32.1. The molecule has 0 aliphatic heterocycles. The fourth-order valence-electron chi connectivity index (χ4n) is 4.20. The summed E-state index contributed by atoms with van der Waals surface area (Å²) in [6.07, 6.45) is 15.5. The molecule has 0 amide bonds. The maximum absolute atomic E-state index is 12.1. The first-order valence-electron chi connectivity index (χ1n) is 11.4. The van der Waals surface area contributed by atoms with Crippen LogP contribution in [0.15, 0.2) is 16.4 Å². The summed E-state index contributed by atoms with van der Waals surface area (Å²) in [6, 6.07) is 1.93. The summed E-state index contributed by atoms with van der Waals surface area (Å²) < 4.78 is 0. The number of ketones is 1. The van der Waals surface area contributed by atoms with Gasteiger partial charge in [0.05, 0.1) is 6.04 Å². The molecule has 2 atom stereocenters. The van der Waals surface area contributed by atoms with E-state index in [1.165, 1.54) is 44.9 Å². The molecule has 1 saturated carbocycles. The highest BCUT2D eigenvalue weighted by Gasteiger charge is 2.24. The van der Waals surface area contributed by atoms with Crippen molar-refractivity contribution < 1.29 is 9.90 Å². The van der Waals surface area contributed by atoms with Crippen molar-refractivity contribution in [3.8, 4) is 0 Å². The van der Waals surface area contributed by atoms with Gasteiger partial charge in [0.1, 0.15) is 11.9 Å². The van der Waals surface area contributed by atoms with E-state index in [2.05, 4.69) is 19.9 Å². The third-order valence-corrected chi connectivity index (χ3v) is 7.14. The molecule has 1 aromatic rings. The first kappa shape index (κ1) is 23.3. The predicted octanol–water partition coefficient (Wildman–Crippen LogP) is 6.82. The van der Waals surface area contributed by atoms with Gasteiger partial charge in [0, 0.05) is 23.9 Å². The number of thiophene rings is 1. The fourth-order valence-corrected chi connectivity index (χ4v) is 5.17. The van der Waals surface area contributed by atoms with E-state index in [0.717, 1.165) is 42.0 Å². The number of rotatable bonds is 14. The van der Waals surface area contributed by atoms with Crippen molar-refractivity contribution in [1.29, 1.82) is 0 Å². The maximum Gasteiger partial charge on any atom is 0.138 e. The Balaban J connectivity index is 1.84. The van der Waals surface area contributed by atoms with Crippen LogP contribution in [0, 0.1) is 12.8 Å². The molecule has 0 aromatic carbocycles. The molecule has 4 heteroatoms. The first-order valence-corrected chi connectivity index (χ1v) is 12.2. The number of Topliss-reactive ketones (excluding diaryl/α,β-unsaturated/α-hetero) is 1. The Morgan fingerprint density at radius 1 is 1.29 bits per heavy atom. The van der Waals surface area contributed by atoms with Gasteiger partial charge in [-0.15, -0.1) is 11.3 Å². The van der Waals surface area contributed by atoms with E-state index < -0.39 is 6.10 Å². The minimum atomic E-state index is -0.554. The Bertz CT molecular complexity index is 589. The van der Waals surface area contributed by atoms with Gasteiger partial charge in [0.25, 0.3) is 0 Å². The van der Waals surface area contributed by atoms with Crippen LogP contribution in [0.4, 0.5) is 0 Å². The average molecular weight is 406 g/mol. The third kappa shape index (κ3) is 8.16. The summed E-state index contributed by atoms with van der Waals surface area (Å²) in [5, 5.41) is 13.0. The van der Waals surface area contributed by atoms with E-state index in [0.29, 0.717) is 12.8 Å². The van der Waals surface area contributed by atoms with Gasteiger partial charge in [0.15, 0.2) is 0 Å². The number of aryl methyl sites for hydroxylation is 1. The van der Waals surface area contributed by atoms with Gasteiger partial charge in [-0.1, -0.05) is 58.3 Å². The van der Waals surface area contributed by atoms with Crippen LogP contribution in [-0.2, 0) is 4.79 Å². The van der Waals surface area contributed by atoms with Gasteiger partial charge in [-0.3, -0.25) is 9.79 Å². The predicted molar refractivity (Wildman–Crippen MR) is 120 cm³/mol. The number of aliphatic imine (C=N–C) groups is 1. The van der Waals surface area contributed by atoms with Crippen LogP contribution >= 0.6 is 11.3 Å². The summed E-state index contributed by atoms with van der Waals surface area (Å²) in [5.41, 5.74) is 1.14. The van der Waals surface area contributed by atoms with Crippen LogP contribution in [0.5, 0.6) is 0 Å². The summed E-state index contributed by atoms with van der Waals surface area (Å²) in [5.74, 6) is 1.07. The largest absolute Gasteiger partial charge is 0.385 e. The van der Waals surface area contributed by atoms with Crippen LogP contribution in [0.2, 0.25) is 0 Å². The van der Waals surface area contributed by atoms with Gasteiger partial charge in [-0.05, 0) is 49.1 Å². The van der Waals surface area contributed by atoms with E-state index in [1.807, 2.05) is 5.38 Å². The van der Waals surface area contributed by atoms with E-state index in [4.69, 9.17) is 4.99 Å². The standard InChI is InChI=1S/C24H39NO2S/c1-3-4-5-6-7-12-21(26)15-17-25-22(14-13-20-10-8-9-11-20)23(27)24-19(2)16-18-28-24/h16-18,20,22-23,27H,3-15H2,1-2H3. The highest BCUT2D eigenvalue weighted by molar-refractivity contribution is 7.10. The minimum Gasteiger partial charge on any atom is -0.385 e. The average Bonchev–Trinajstić information content (AvgIpc) is 3.35. The molecule has 1 fully saturated rings. The molecule has 0 saturated heterocycles. The van der Waals surface area contributed by atoms with Crippen molar-refractivity contribution in [1.82, 2.24) is 0 Å². The zero-order chi connectivity index (χ0) is 20.2. The molecule has 158 valence electrons. The molecule has 0 spiro atoms. The van der Waals surface area contributed by atoms with Crippen LogP contribution in [0.3, 0.4) is 0 Å². The molecule has 28 heavy (non-hydrogen) atoms. The van der Waals surface area contributed by atoms with Gasteiger partial charge < -0.3 is 5.11 Å². The molecule has 3 nitrogen and oxygen atoms in total. The topological polar surface area (TPSA) is 49.7 Å². The molecule has 1 aliphatic rings. The van der Waals surface area contributed by atoms with Crippen molar-refractivity contribution in [3.05, 3.63) is 21.9 Å². The second-order valence-corrected chi connectivity index (χ2v) is 9.39. The van der Waals surface area contributed by atoms with Gasteiger partial charge in [0.2, 0.25) is 0 Å². The molecule has 2 unspecified atom stereocenters. The Hall–Kier alpha value is -1.00. The number of nitrogens with zero attached hydrogens (tertiary/aromatic N) is 1. The lowest BCUT2D eigenvalue weighted by molar-refractivity contribution is -0.118. The second-order valence-electron chi connectivity index (χ2n) is 8.45. The van der Waals surface area contributed by atoms with Crippen molar-refractivity contribution >= 4 is 23.3 Å². The van der Waals surface area contributed by atoms with Crippen molar-refractivity contribution in [3.63, 3.8) is 0 Å². The summed E-state index contributed by atoms with van der Waals surface area (Å²) in [7, 11) is 0. The van der Waals surface area contributed by atoms with Crippen LogP contribution < -0.4 is 0 Å². The number of carbonyl (C=O) groups excluding carboxylic acids is 1. The molecule has 0 radical (unpaired) electrons. The number of aliphatic hydroxyl groups is 1. The van der Waals surface area contributed by atoms with E-state index in [1.54, 1.807) is 17.6 Å². The molecule has 1 heterocycles. The monoisotopic (exact) mass is 405 g/mol. The normalized spacial score (nSPS) is 17.4. The smallest absolute Gasteiger partial charge is 0.138 e. The summed E-state index contributed by atoms with van der Waals surface area (Å²) in [4.78, 5) is 17.8. The van der Waals surface area contributed by atoms with Crippen molar-refractivity contribution in [2.45, 2.75) is 109 Å². The zero-order valence-corrected chi connectivity index (χ0v) is 18.7. The number of carbonyl (C=O) groups is 1. The van der Waals surface area contributed by atoms with E-state index >= 15 is 0 Å². The van der Waals surface area contributed by atoms with Gasteiger partial charge in [-0.2, -0.15) is 0 Å². The maximum atomic E-state index is 12.1. The molecular formula is C24H39NO2S. The van der Waals surface area contributed by atoms with E-state index in [-0.39, 0.29) is 11.8 Å². The number of unbranched alkanes of at least 4 members (excludes halogenated alkanes) is 4. The van der Waals surface area contributed by atoms with Gasteiger partial charge in [-0.25, -0.2) is 0 Å². The fraction of sp³-hybridized carbons (Fsp3) is 0.750. The lowest BCUT2D eigenvalue weighted by Crippen LogP contribution is -2.18. The van der Waals surface area contributed by atoms with E-state index in [9.17, 15) is 9.90 Å². The van der Waals surface area contributed by atoms with Crippen LogP contribution in [-0.4, -0.2) is 23.1 Å². The summed E-state index contributed by atoms with van der Waals surface area (Å²) >= 11 is 1.61. The molecule has 2 rings (SSSR count). The Kier molecular flexibility index (Phi) is 11.0. The summed E-state index contributed by atoms with van der Waals surface area (Å²) in [6.45, 7) is 4.26. The van der Waals surface area contributed by atoms with Crippen LogP contribution in [0.25, 0.3) is 0 Å². The lowest BCUT2D eigenvalue weighted by Gasteiger charge is -2.21. The Morgan fingerprint density at radius 2 is 2.04 bits per heavy atom. The minimum absolute atomic E-state index is 0.129. The molecule has 1 aromatic heterocycles. The Morgan fingerprint density at radius 3 is 2.71 bits per heavy atom. The number of aliphatic hydroxyl groups excluding tert-OH is 1. The molecule has 1 aliphatic carbocycles. The van der Waals surface area contributed by atoms with Crippen molar-refractivity contribution in [2.75, 3.05) is 0 Å². The highest BCUT2D eigenvalue weighted by Crippen LogP contribution is 2.33. The third-order valence-electron chi connectivity index (χ3n) is 6.06. The molecular weight excluding hydrogens is 366 g/mol. The first-order chi connectivity index (χ1) is 13.6. The van der Waals surface area contributed by atoms with Crippen molar-refractivity contribution in [2.24, 2.45) is 10.9 Å². The lowest BCUT2D eigenvalue weighted by atomic mass is 9.95. The quantitative estimate of drug-likeness (QED) is 0.273.